The van der Waals surface area contributed by atoms with Gasteiger partial charge in [0.05, 0.1) is 26.8 Å². The number of aliphatic imine (C=N–C) groups is 1. The van der Waals surface area contributed by atoms with Crippen molar-refractivity contribution in [2.45, 2.75) is 27.0 Å². The van der Waals surface area contributed by atoms with E-state index in [2.05, 4.69) is 39.9 Å². The molecule has 0 spiro atoms. The Bertz CT molecular complexity index is 700. The lowest BCUT2D eigenvalue weighted by Gasteiger charge is -2.12. The summed E-state index contributed by atoms with van der Waals surface area (Å²) in [5.74, 6) is 2.41. The number of hydrogen-bond acceptors (Lipinski definition) is 4. The van der Waals surface area contributed by atoms with Crippen molar-refractivity contribution < 1.29 is 14.2 Å². The van der Waals surface area contributed by atoms with Gasteiger partial charge in [0.1, 0.15) is 18.1 Å². The van der Waals surface area contributed by atoms with Crippen molar-refractivity contribution in [2.75, 3.05) is 33.4 Å². The van der Waals surface area contributed by atoms with Crippen molar-refractivity contribution in [3.8, 4) is 11.5 Å². The van der Waals surface area contributed by atoms with Crippen LogP contribution in [-0.2, 0) is 17.9 Å². The van der Waals surface area contributed by atoms with Gasteiger partial charge in [0.2, 0.25) is 0 Å². The summed E-state index contributed by atoms with van der Waals surface area (Å²) in [4.78, 5) is 4.63. The summed E-state index contributed by atoms with van der Waals surface area (Å²) in [5, 5.41) is 6.54. The summed E-state index contributed by atoms with van der Waals surface area (Å²) in [6.45, 7) is 8.05. The van der Waals surface area contributed by atoms with Crippen LogP contribution >= 0.6 is 0 Å². The predicted molar refractivity (Wildman–Crippen MR) is 113 cm³/mol. The summed E-state index contributed by atoms with van der Waals surface area (Å²) >= 11 is 0. The number of methoxy groups -OCH3 is 1. The molecule has 0 unspecified atom stereocenters. The molecule has 0 heterocycles. The Morgan fingerprint density at radius 2 is 1.57 bits per heavy atom. The molecule has 0 bridgehead atoms. The van der Waals surface area contributed by atoms with Gasteiger partial charge in [0.25, 0.3) is 0 Å². The molecule has 0 aliphatic carbocycles. The van der Waals surface area contributed by atoms with Gasteiger partial charge in [-0.25, -0.2) is 4.99 Å². The van der Waals surface area contributed by atoms with Crippen molar-refractivity contribution in [3.05, 3.63) is 59.7 Å². The fraction of sp³-hybridized carbons (Fsp3) is 0.409. The molecule has 0 atom stereocenters. The van der Waals surface area contributed by atoms with E-state index >= 15 is 0 Å². The van der Waals surface area contributed by atoms with E-state index in [9.17, 15) is 0 Å². The number of guanidine groups is 1. The van der Waals surface area contributed by atoms with Crippen LogP contribution in [0.25, 0.3) is 0 Å². The highest BCUT2D eigenvalue weighted by molar-refractivity contribution is 5.79. The number of rotatable bonds is 11. The summed E-state index contributed by atoms with van der Waals surface area (Å²) < 4.78 is 16.3. The minimum atomic E-state index is 0.545. The minimum absolute atomic E-state index is 0.545. The first-order valence-corrected chi connectivity index (χ1v) is 9.69. The average Bonchev–Trinajstić information content (AvgIpc) is 2.74. The molecule has 2 aromatic carbocycles. The van der Waals surface area contributed by atoms with Crippen LogP contribution < -0.4 is 20.1 Å². The van der Waals surface area contributed by atoms with Crippen LogP contribution in [0.1, 0.15) is 25.0 Å². The molecule has 0 radical (unpaired) electrons. The molecule has 0 aliphatic rings. The Labute approximate surface area is 167 Å². The molecule has 2 rings (SSSR count). The van der Waals surface area contributed by atoms with Gasteiger partial charge in [0, 0.05) is 13.2 Å². The number of nitrogens with zero attached hydrogens (tertiary/aromatic N) is 1. The smallest absolute Gasteiger partial charge is 0.191 e. The van der Waals surface area contributed by atoms with Gasteiger partial charge in [-0.05, 0) is 49.2 Å². The molecule has 6 heteroatoms. The minimum Gasteiger partial charge on any atom is -0.497 e. The van der Waals surface area contributed by atoms with Crippen molar-refractivity contribution in [3.63, 3.8) is 0 Å². The fourth-order valence-electron chi connectivity index (χ4n) is 2.48. The zero-order valence-corrected chi connectivity index (χ0v) is 17.0. The molecule has 0 aliphatic heterocycles. The van der Waals surface area contributed by atoms with Gasteiger partial charge in [-0.2, -0.15) is 0 Å². The van der Waals surface area contributed by atoms with Crippen LogP contribution in [0.15, 0.2) is 53.5 Å². The molecular weight excluding hydrogens is 354 g/mol. The summed E-state index contributed by atoms with van der Waals surface area (Å²) in [6, 6.07) is 15.9. The molecule has 0 saturated carbocycles. The van der Waals surface area contributed by atoms with Crippen LogP contribution in [0, 0.1) is 0 Å². The Kier molecular flexibility index (Phi) is 9.72. The molecule has 28 heavy (non-hydrogen) atoms. The lowest BCUT2D eigenvalue weighted by molar-refractivity contribution is 0.134. The topological polar surface area (TPSA) is 64.1 Å². The van der Waals surface area contributed by atoms with Crippen molar-refractivity contribution >= 4 is 5.96 Å². The Morgan fingerprint density at radius 1 is 0.893 bits per heavy atom. The van der Waals surface area contributed by atoms with Crippen LogP contribution in [0.2, 0.25) is 0 Å². The van der Waals surface area contributed by atoms with Crippen LogP contribution in [0.4, 0.5) is 0 Å². The quantitative estimate of drug-likeness (QED) is 0.353. The zero-order valence-electron chi connectivity index (χ0n) is 17.0. The Hall–Kier alpha value is -2.73. The van der Waals surface area contributed by atoms with E-state index in [1.54, 1.807) is 7.11 Å². The zero-order chi connectivity index (χ0) is 20.0. The number of nitrogens with one attached hydrogen (secondary N) is 2. The summed E-state index contributed by atoms with van der Waals surface area (Å²) in [5.41, 5.74) is 2.34. The van der Waals surface area contributed by atoms with Gasteiger partial charge >= 0.3 is 0 Å². The molecule has 0 fully saturated rings. The third-order valence-corrected chi connectivity index (χ3v) is 3.98. The molecule has 0 amide bonds. The highest BCUT2D eigenvalue weighted by Gasteiger charge is 2.00. The van der Waals surface area contributed by atoms with E-state index in [0.29, 0.717) is 26.3 Å². The van der Waals surface area contributed by atoms with Gasteiger partial charge in [-0.3, -0.25) is 0 Å². The highest BCUT2D eigenvalue weighted by atomic mass is 16.5. The van der Waals surface area contributed by atoms with Crippen molar-refractivity contribution in [1.82, 2.24) is 10.6 Å². The molecule has 2 aromatic rings. The first-order valence-electron chi connectivity index (χ1n) is 9.69. The van der Waals surface area contributed by atoms with E-state index in [0.717, 1.165) is 36.2 Å². The molecule has 152 valence electrons. The summed E-state index contributed by atoms with van der Waals surface area (Å²) in [7, 11) is 1.65. The molecule has 6 nitrogen and oxygen atoms in total. The lowest BCUT2D eigenvalue weighted by atomic mass is 10.1. The number of ether oxygens (including phenoxy) is 3. The van der Waals surface area contributed by atoms with E-state index in [-0.39, 0.29) is 0 Å². The van der Waals surface area contributed by atoms with Gasteiger partial charge in [0.15, 0.2) is 5.96 Å². The van der Waals surface area contributed by atoms with E-state index in [1.807, 2.05) is 38.1 Å². The van der Waals surface area contributed by atoms with Crippen molar-refractivity contribution in [2.24, 2.45) is 4.99 Å². The van der Waals surface area contributed by atoms with Crippen LogP contribution in [0.5, 0.6) is 11.5 Å². The van der Waals surface area contributed by atoms with E-state index < -0.39 is 0 Å². The SMILES string of the molecule is CCNC(=NCc1ccc(COCC)cc1)NCCOc1ccc(OC)cc1. The lowest BCUT2D eigenvalue weighted by Crippen LogP contribution is -2.39. The second kappa shape index (κ2) is 12.6. The second-order valence-corrected chi connectivity index (χ2v) is 6.10. The standard InChI is InChI=1S/C22H31N3O3/c1-4-23-22(24-14-15-28-21-12-10-20(26-3)11-13-21)25-16-18-6-8-19(9-7-18)17-27-5-2/h6-13H,4-5,14-17H2,1-3H3,(H2,23,24,25). The van der Waals surface area contributed by atoms with Crippen LogP contribution in [-0.4, -0.2) is 39.4 Å². The molecule has 2 N–H and O–H groups in total. The first-order chi connectivity index (χ1) is 13.7. The van der Waals surface area contributed by atoms with E-state index in [4.69, 9.17) is 14.2 Å². The Morgan fingerprint density at radius 3 is 2.21 bits per heavy atom. The number of hydrogen-bond donors (Lipinski definition) is 2. The third kappa shape index (κ3) is 7.88. The van der Waals surface area contributed by atoms with Gasteiger partial charge in [-0.1, -0.05) is 24.3 Å². The predicted octanol–water partition coefficient (Wildman–Crippen LogP) is 3.37. The maximum absolute atomic E-state index is 5.73. The van der Waals surface area contributed by atoms with Gasteiger partial charge in [-0.15, -0.1) is 0 Å². The Balaban J connectivity index is 1.77. The third-order valence-electron chi connectivity index (χ3n) is 3.98. The molecule has 0 aromatic heterocycles. The summed E-state index contributed by atoms with van der Waals surface area (Å²) in [6.07, 6.45) is 0. The van der Waals surface area contributed by atoms with Crippen molar-refractivity contribution in [1.29, 1.82) is 0 Å². The molecule has 0 saturated heterocycles. The fourth-order valence-corrected chi connectivity index (χ4v) is 2.48. The van der Waals surface area contributed by atoms with Crippen LogP contribution in [0.3, 0.4) is 0 Å². The normalized spacial score (nSPS) is 11.2. The first kappa shape index (κ1) is 21.6. The monoisotopic (exact) mass is 385 g/mol. The molecular formula is C22H31N3O3. The average molecular weight is 386 g/mol. The van der Waals surface area contributed by atoms with E-state index in [1.165, 1.54) is 5.56 Å². The number of benzene rings is 2. The second-order valence-electron chi connectivity index (χ2n) is 6.10. The van der Waals surface area contributed by atoms with Gasteiger partial charge < -0.3 is 24.8 Å². The highest BCUT2D eigenvalue weighted by Crippen LogP contribution is 2.16. The largest absolute Gasteiger partial charge is 0.497 e. The maximum atomic E-state index is 5.73. The maximum Gasteiger partial charge on any atom is 0.191 e.